The van der Waals surface area contributed by atoms with Crippen LogP contribution in [0.3, 0.4) is 0 Å². The van der Waals surface area contributed by atoms with Gasteiger partial charge in [-0.2, -0.15) is 10.2 Å². The van der Waals surface area contributed by atoms with Crippen LogP contribution in [0.15, 0.2) is 59.8 Å². The molecule has 9 heteroatoms. The van der Waals surface area contributed by atoms with Crippen molar-refractivity contribution in [2.75, 3.05) is 13.7 Å². The number of nitrogens with one attached hydrogen (secondary N) is 2. The Bertz CT molecular complexity index is 1060. The molecule has 0 radical (unpaired) electrons. The van der Waals surface area contributed by atoms with Crippen molar-refractivity contribution in [1.82, 2.24) is 15.6 Å². The maximum absolute atomic E-state index is 12.1. The minimum atomic E-state index is -0.445. The highest BCUT2D eigenvalue weighted by Crippen LogP contribution is 2.24. The lowest BCUT2D eigenvalue weighted by atomic mass is 10.1. The van der Waals surface area contributed by atoms with Crippen LogP contribution in [0.2, 0.25) is 0 Å². The van der Waals surface area contributed by atoms with Gasteiger partial charge in [-0.1, -0.05) is 12.1 Å². The van der Waals surface area contributed by atoms with E-state index in [1.807, 2.05) is 6.07 Å². The quantitative estimate of drug-likeness (QED) is 0.311. The van der Waals surface area contributed by atoms with E-state index >= 15 is 0 Å². The van der Waals surface area contributed by atoms with E-state index < -0.39 is 11.9 Å². The van der Waals surface area contributed by atoms with E-state index in [4.69, 9.17) is 14.2 Å². The van der Waals surface area contributed by atoms with Crippen LogP contribution >= 0.6 is 0 Å². The summed E-state index contributed by atoms with van der Waals surface area (Å²) in [5, 5.41) is 10.2. The fraction of sp³-hybridized carbons (Fsp3) is 0.182. The molecule has 0 saturated carbocycles. The van der Waals surface area contributed by atoms with E-state index in [-0.39, 0.29) is 13.2 Å². The van der Waals surface area contributed by atoms with E-state index in [1.165, 1.54) is 12.4 Å². The van der Waals surface area contributed by atoms with Crippen LogP contribution in [0.4, 0.5) is 0 Å². The summed E-state index contributed by atoms with van der Waals surface area (Å²) in [5.41, 5.74) is 4.54. The summed E-state index contributed by atoms with van der Waals surface area (Å²) in [4.78, 5) is 24.0. The maximum atomic E-state index is 12.1. The largest absolute Gasteiger partial charge is 0.496 e. The molecule has 0 bridgehead atoms. The number of methoxy groups -OCH3 is 1. The third-order valence-electron chi connectivity index (χ3n) is 4.20. The average Bonchev–Trinajstić information content (AvgIpc) is 3.33. The van der Waals surface area contributed by atoms with Crippen molar-refractivity contribution < 1.29 is 23.8 Å². The van der Waals surface area contributed by atoms with E-state index in [9.17, 15) is 9.59 Å². The van der Waals surface area contributed by atoms with Crippen LogP contribution in [-0.4, -0.2) is 42.0 Å². The number of hydrogen-bond donors (Lipinski definition) is 2. The van der Waals surface area contributed by atoms with Gasteiger partial charge in [-0.3, -0.25) is 9.89 Å². The number of para-hydroxylation sites is 1. The first kappa shape index (κ1) is 21.6. The third kappa shape index (κ3) is 5.69. The van der Waals surface area contributed by atoms with Crippen molar-refractivity contribution >= 4 is 18.1 Å². The molecule has 1 amide bonds. The van der Waals surface area contributed by atoms with Crippen molar-refractivity contribution in [3.63, 3.8) is 0 Å². The minimum absolute atomic E-state index is 0.155. The Kier molecular flexibility index (Phi) is 7.36. The van der Waals surface area contributed by atoms with Gasteiger partial charge in [0.2, 0.25) is 0 Å². The molecule has 3 rings (SSSR count). The number of ether oxygens (including phenoxy) is 3. The molecule has 0 atom stereocenters. The van der Waals surface area contributed by atoms with Gasteiger partial charge in [-0.25, -0.2) is 10.2 Å². The van der Waals surface area contributed by atoms with Gasteiger partial charge in [0, 0.05) is 11.8 Å². The fourth-order valence-corrected chi connectivity index (χ4v) is 2.73. The lowest BCUT2D eigenvalue weighted by molar-refractivity contribution is 0.0521. The van der Waals surface area contributed by atoms with Crippen LogP contribution in [0.25, 0.3) is 0 Å². The Labute approximate surface area is 179 Å². The molecule has 0 unspecified atom stereocenters. The highest BCUT2D eigenvalue weighted by Gasteiger charge is 2.14. The summed E-state index contributed by atoms with van der Waals surface area (Å²) in [6.45, 7) is 2.18. The summed E-state index contributed by atoms with van der Waals surface area (Å²) in [5.74, 6) is 0.182. The molecule has 0 aliphatic heterocycles. The number of carbonyl (C=O) groups is 2. The number of carbonyl (C=O) groups excluding carboxylic acids is 2. The predicted octanol–water partition coefficient (Wildman–Crippen LogP) is 2.94. The van der Waals surface area contributed by atoms with Gasteiger partial charge in [-0.05, 0) is 48.9 Å². The summed E-state index contributed by atoms with van der Waals surface area (Å²) in [6.07, 6.45) is 2.98. The molecule has 0 aliphatic carbocycles. The van der Waals surface area contributed by atoms with Crippen molar-refractivity contribution in [2.45, 2.75) is 13.5 Å². The predicted molar refractivity (Wildman–Crippen MR) is 113 cm³/mol. The maximum Gasteiger partial charge on any atom is 0.341 e. The molecule has 0 saturated heterocycles. The second kappa shape index (κ2) is 10.6. The molecule has 0 spiro atoms. The summed E-state index contributed by atoms with van der Waals surface area (Å²) in [7, 11) is 1.56. The molecule has 2 aromatic carbocycles. The zero-order valence-electron chi connectivity index (χ0n) is 17.1. The number of esters is 1. The number of amides is 1. The summed E-state index contributed by atoms with van der Waals surface area (Å²) in [6, 6.07) is 13.8. The van der Waals surface area contributed by atoms with Gasteiger partial charge in [0.1, 0.15) is 29.4 Å². The Morgan fingerprint density at radius 2 is 2.00 bits per heavy atom. The number of hydrogen-bond acceptors (Lipinski definition) is 7. The molecule has 160 valence electrons. The van der Waals surface area contributed by atoms with Gasteiger partial charge in [0.25, 0.3) is 5.91 Å². The van der Waals surface area contributed by atoms with E-state index in [2.05, 4.69) is 20.7 Å². The normalized spacial score (nSPS) is 10.6. The number of aromatic amines is 1. The molecule has 1 aromatic heterocycles. The molecule has 2 N–H and O–H groups in total. The number of aromatic nitrogens is 2. The van der Waals surface area contributed by atoms with E-state index in [0.717, 1.165) is 11.1 Å². The summed E-state index contributed by atoms with van der Waals surface area (Å²) >= 11 is 0. The Morgan fingerprint density at radius 1 is 1.16 bits per heavy atom. The van der Waals surface area contributed by atoms with Crippen LogP contribution in [0.5, 0.6) is 11.5 Å². The molecule has 9 nitrogen and oxygen atoms in total. The van der Waals surface area contributed by atoms with Gasteiger partial charge in [0.15, 0.2) is 0 Å². The van der Waals surface area contributed by atoms with E-state index in [1.54, 1.807) is 56.5 Å². The number of H-pyrrole nitrogens is 1. The lowest BCUT2D eigenvalue weighted by Gasteiger charge is -2.13. The standard InChI is InChI=1S/C22H22N4O5/c1-3-30-22(28)17-6-4-5-7-20(17)31-14-16-12-15(8-9-19(16)29-2)13-24-26-21(27)18-10-11-23-25-18/h4-13H,3,14H2,1-2H3,(H,23,25)(H,26,27)/b24-13+. The Balaban J connectivity index is 1.71. The zero-order chi connectivity index (χ0) is 22.1. The monoisotopic (exact) mass is 422 g/mol. The van der Waals surface area contributed by atoms with Crippen LogP contribution in [-0.2, 0) is 11.3 Å². The van der Waals surface area contributed by atoms with Gasteiger partial charge < -0.3 is 14.2 Å². The van der Waals surface area contributed by atoms with Crippen molar-refractivity contribution in [2.24, 2.45) is 5.10 Å². The molecule has 31 heavy (non-hydrogen) atoms. The fourth-order valence-electron chi connectivity index (χ4n) is 2.73. The average molecular weight is 422 g/mol. The second-order valence-corrected chi connectivity index (χ2v) is 6.25. The van der Waals surface area contributed by atoms with Crippen molar-refractivity contribution in [1.29, 1.82) is 0 Å². The molecule has 1 heterocycles. The number of rotatable bonds is 9. The third-order valence-corrected chi connectivity index (χ3v) is 4.20. The Morgan fingerprint density at radius 3 is 2.74 bits per heavy atom. The Hall–Kier alpha value is -4.14. The number of benzene rings is 2. The van der Waals surface area contributed by atoms with Crippen LogP contribution in [0, 0.1) is 0 Å². The SMILES string of the molecule is CCOC(=O)c1ccccc1OCc1cc(/C=N/NC(=O)c2ccn[nH]2)ccc1OC. The lowest BCUT2D eigenvalue weighted by Crippen LogP contribution is -2.18. The first-order chi connectivity index (χ1) is 15.1. The highest BCUT2D eigenvalue weighted by molar-refractivity contribution is 5.93. The van der Waals surface area contributed by atoms with Crippen molar-refractivity contribution in [3.05, 3.63) is 77.1 Å². The zero-order valence-corrected chi connectivity index (χ0v) is 17.1. The van der Waals surface area contributed by atoms with Crippen molar-refractivity contribution in [3.8, 4) is 11.5 Å². The first-order valence-electron chi connectivity index (χ1n) is 9.51. The first-order valence-corrected chi connectivity index (χ1v) is 9.51. The smallest absolute Gasteiger partial charge is 0.341 e. The number of hydrazone groups is 1. The van der Waals surface area contributed by atoms with Gasteiger partial charge in [-0.15, -0.1) is 0 Å². The highest BCUT2D eigenvalue weighted by atomic mass is 16.5. The summed E-state index contributed by atoms with van der Waals surface area (Å²) < 4.78 is 16.3. The van der Waals surface area contributed by atoms with E-state index in [0.29, 0.717) is 22.8 Å². The topological polar surface area (TPSA) is 115 Å². The molecule has 0 fully saturated rings. The molecular weight excluding hydrogens is 400 g/mol. The number of nitrogens with zero attached hydrogens (tertiary/aromatic N) is 2. The molecule has 0 aliphatic rings. The van der Waals surface area contributed by atoms with Gasteiger partial charge >= 0.3 is 5.97 Å². The van der Waals surface area contributed by atoms with Crippen LogP contribution in [0.1, 0.15) is 38.9 Å². The molecular formula is C22H22N4O5. The van der Waals surface area contributed by atoms with Gasteiger partial charge in [0.05, 0.1) is 19.9 Å². The van der Waals surface area contributed by atoms with Crippen LogP contribution < -0.4 is 14.9 Å². The second-order valence-electron chi connectivity index (χ2n) is 6.25. The molecule has 3 aromatic rings. The minimum Gasteiger partial charge on any atom is -0.496 e.